The third-order valence-corrected chi connectivity index (χ3v) is 5.84. The number of hydrogen-bond donors (Lipinski definition) is 2. The third-order valence-electron chi connectivity index (χ3n) is 3.91. The van der Waals surface area contributed by atoms with E-state index in [0.29, 0.717) is 15.6 Å². The lowest BCUT2D eigenvalue weighted by molar-refractivity contribution is 0.202. The van der Waals surface area contributed by atoms with Gasteiger partial charge < -0.3 is 20.3 Å². The van der Waals surface area contributed by atoms with Gasteiger partial charge in [-0.3, -0.25) is 0 Å². The van der Waals surface area contributed by atoms with E-state index < -0.39 is 11.9 Å². The first-order valence-corrected chi connectivity index (χ1v) is 11.1. The molecule has 2 aromatic carbocycles. The molecule has 1 unspecified atom stereocenters. The van der Waals surface area contributed by atoms with Gasteiger partial charge in [-0.2, -0.15) is 0 Å². The molecule has 1 heterocycles. The summed E-state index contributed by atoms with van der Waals surface area (Å²) < 4.78 is 26.3. The smallest absolute Gasteiger partial charge is 0.165 e. The molecule has 0 saturated carbocycles. The van der Waals surface area contributed by atoms with E-state index in [0.717, 1.165) is 15.8 Å². The molecule has 3 rings (SSSR count). The highest BCUT2D eigenvalue weighted by atomic mass is 79.9. The number of nitrogens with two attached hydrogens (primary N) is 1. The van der Waals surface area contributed by atoms with Gasteiger partial charge in [-0.15, -0.1) is 10.2 Å². The van der Waals surface area contributed by atoms with Gasteiger partial charge in [0.25, 0.3) is 0 Å². The van der Waals surface area contributed by atoms with Crippen molar-refractivity contribution in [1.29, 1.82) is 0 Å². The first-order chi connectivity index (χ1) is 14.3. The Labute approximate surface area is 190 Å². The van der Waals surface area contributed by atoms with Gasteiger partial charge in [0.05, 0.1) is 28.2 Å². The van der Waals surface area contributed by atoms with Crippen LogP contribution in [0.2, 0.25) is 5.02 Å². The summed E-state index contributed by atoms with van der Waals surface area (Å²) in [6.07, 6.45) is 0.0589. The fourth-order valence-corrected chi connectivity index (χ4v) is 4.13. The Morgan fingerprint density at radius 1 is 1.20 bits per heavy atom. The molecule has 0 spiro atoms. The summed E-state index contributed by atoms with van der Waals surface area (Å²) in [7, 11) is 0. The van der Waals surface area contributed by atoms with Crippen LogP contribution in [0, 0.1) is 5.82 Å². The number of hydrogen-bond acceptors (Lipinski definition) is 7. The number of aliphatic hydroxyl groups excluding tert-OH is 1. The molecular formula is C20H20BrClFN3O3S. The highest BCUT2D eigenvalue weighted by Crippen LogP contribution is 2.38. The number of nitrogens with zero attached hydrogens (tertiary/aromatic N) is 2. The molecule has 6 nitrogen and oxygen atoms in total. The van der Waals surface area contributed by atoms with E-state index in [4.69, 9.17) is 31.9 Å². The van der Waals surface area contributed by atoms with E-state index >= 15 is 0 Å². The van der Waals surface area contributed by atoms with Crippen LogP contribution in [0.15, 0.2) is 34.8 Å². The van der Waals surface area contributed by atoms with E-state index in [9.17, 15) is 4.39 Å². The summed E-state index contributed by atoms with van der Waals surface area (Å²) in [5, 5.41) is 18.7. The van der Waals surface area contributed by atoms with Crippen LogP contribution in [-0.4, -0.2) is 40.7 Å². The normalized spacial score (nSPS) is 12.3. The quantitative estimate of drug-likeness (QED) is 0.442. The molecule has 1 aromatic heterocycles. The largest absolute Gasteiger partial charge is 0.490 e. The van der Waals surface area contributed by atoms with Crippen molar-refractivity contribution >= 4 is 38.9 Å². The molecule has 3 N–H and O–H groups in total. The molecule has 30 heavy (non-hydrogen) atoms. The molecule has 0 amide bonds. The summed E-state index contributed by atoms with van der Waals surface area (Å²) in [6, 6.07) is 7.65. The maximum absolute atomic E-state index is 14.5. The molecule has 0 aliphatic carbocycles. The molecule has 160 valence electrons. The second kappa shape index (κ2) is 10.0. The monoisotopic (exact) mass is 515 g/mol. The lowest BCUT2D eigenvalue weighted by atomic mass is 10.2. The molecule has 0 radical (unpaired) electrons. The predicted octanol–water partition coefficient (Wildman–Crippen LogP) is 4.91. The molecule has 0 fully saturated rings. The predicted molar refractivity (Wildman–Crippen MR) is 120 cm³/mol. The standard InChI is InChI=1S/C20H20BrClFN3O3S/c1-10(2)29-17-4-3-11(5-14(17)21)19-25-26-20(30-19)13-6-16(23)18(7-15(13)22)28-9-12(24)8-27/h3-7,10,12,27H,8-9,24H2,1-2H3. The summed E-state index contributed by atoms with van der Waals surface area (Å²) in [5.41, 5.74) is 6.83. The van der Waals surface area contributed by atoms with Gasteiger partial charge in [-0.05, 0) is 54.0 Å². The maximum atomic E-state index is 14.5. The molecule has 0 bridgehead atoms. The number of rotatable bonds is 8. The van der Waals surface area contributed by atoms with Crippen LogP contribution in [0.4, 0.5) is 4.39 Å². The van der Waals surface area contributed by atoms with Crippen LogP contribution in [0.3, 0.4) is 0 Å². The Morgan fingerprint density at radius 2 is 1.93 bits per heavy atom. The Kier molecular flexibility index (Phi) is 7.65. The molecule has 0 aliphatic heterocycles. The molecule has 1 atom stereocenters. The van der Waals surface area contributed by atoms with Crippen LogP contribution in [0.25, 0.3) is 21.1 Å². The van der Waals surface area contributed by atoms with Gasteiger partial charge in [-0.25, -0.2) is 4.39 Å². The van der Waals surface area contributed by atoms with Crippen LogP contribution >= 0.6 is 38.9 Å². The van der Waals surface area contributed by atoms with Crippen molar-refractivity contribution in [2.24, 2.45) is 5.73 Å². The van der Waals surface area contributed by atoms with Gasteiger partial charge >= 0.3 is 0 Å². The number of aliphatic hydroxyl groups is 1. The highest BCUT2D eigenvalue weighted by Gasteiger charge is 2.17. The van der Waals surface area contributed by atoms with Crippen molar-refractivity contribution in [3.05, 3.63) is 45.6 Å². The van der Waals surface area contributed by atoms with E-state index in [1.807, 2.05) is 32.0 Å². The van der Waals surface area contributed by atoms with Gasteiger partial charge in [-0.1, -0.05) is 22.9 Å². The van der Waals surface area contributed by atoms with Gasteiger partial charge in [0, 0.05) is 17.2 Å². The second-order valence-corrected chi connectivity index (χ2v) is 8.98. The van der Waals surface area contributed by atoms with Gasteiger partial charge in [0.2, 0.25) is 0 Å². The van der Waals surface area contributed by atoms with Crippen molar-refractivity contribution in [2.75, 3.05) is 13.2 Å². The SMILES string of the molecule is CC(C)Oc1ccc(-c2nnc(-c3cc(F)c(OCC(N)CO)cc3Cl)s2)cc1Br. The number of halogens is 3. The number of ether oxygens (including phenoxy) is 2. The van der Waals surface area contributed by atoms with E-state index in [-0.39, 0.29) is 30.1 Å². The fraction of sp³-hybridized carbons (Fsp3) is 0.300. The zero-order valence-corrected chi connectivity index (χ0v) is 19.4. The highest BCUT2D eigenvalue weighted by molar-refractivity contribution is 9.10. The van der Waals surface area contributed by atoms with Gasteiger partial charge in [0.15, 0.2) is 11.6 Å². The Balaban J connectivity index is 1.84. The summed E-state index contributed by atoms with van der Waals surface area (Å²) in [6.45, 7) is 3.62. The average Bonchev–Trinajstić information content (AvgIpc) is 3.19. The Hall–Kier alpha value is -1.78. The van der Waals surface area contributed by atoms with Crippen LogP contribution < -0.4 is 15.2 Å². The lowest BCUT2D eigenvalue weighted by Gasteiger charge is -2.12. The third kappa shape index (κ3) is 5.47. The first kappa shape index (κ1) is 22.9. The van der Waals surface area contributed by atoms with Crippen LogP contribution in [0.1, 0.15) is 13.8 Å². The summed E-state index contributed by atoms with van der Waals surface area (Å²) in [4.78, 5) is 0. The van der Waals surface area contributed by atoms with E-state index in [1.165, 1.54) is 23.5 Å². The van der Waals surface area contributed by atoms with Crippen molar-refractivity contribution in [3.63, 3.8) is 0 Å². The zero-order chi connectivity index (χ0) is 21.8. The number of aromatic nitrogens is 2. The molecule has 10 heteroatoms. The van der Waals surface area contributed by atoms with E-state index in [2.05, 4.69) is 26.1 Å². The molecule has 0 saturated heterocycles. The van der Waals surface area contributed by atoms with Crippen molar-refractivity contribution < 1.29 is 19.0 Å². The molecular weight excluding hydrogens is 497 g/mol. The van der Waals surface area contributed by atoms with Crippen LogP contribution in [0.5, 0.6) is 11.5 Å². The first-order valence-electron chi connectivity index (χ1n) is 9.07. The Bertz CT molecular complexity index is 1030. The summed E-state index contributed by atoms with van der Waals surface area (Å²) in [5.74, 6) is 0.0939. The molecule has 3 aromatic rings. The maximum Gasteiger partial charge on any atom is 0.165 e. The molecule has 0 aliphatic rings. The lowest BCUT2D eigenvalue weighted by Crippen LogP contribution is -2.31. The number of benzene rings is 2. The van der Waals surface area contributed by atoms with Crippen molar-refractivity contribution in [3.8, 4) is 32.6 Å². The van der Waals surface area contributed by atoms with Crippen LogP contribution in [-0.2, 0) is 0 Å². The Morgan fingerprint density at radius 3 is 2.60 bits per heavy atom. The minimum Gasteiger partial charge on any atom is -0.490 e. The topological polar surface area (TPSA) is 90.5 Å². The minimum atomic E-state index is -0.606. The zero-order valence-electron chi connectivity index (χ0n) is 16.2. The average molecular weight is 517 g/mol. The van der Waals surface area contributed by atoms with Crippen molar-refractivity contribution in [2.45, 2.75) is 26.0 Å². The summed E-state index contributed by atoms with van der Waals surface area (Å²) >= 11 is 11.1. The minimum absolute atomic E-state index is 0.0303. The second-order valence-electron chi connectivity index (χ2n) is 6.74. The fourth-order valence-electron chi connectivity index (χ4n) is 2.48. The van der Waals surface area contributed by atoms with E-state index in [1.54, 1.807) is 0 Å². The van der Waals surface area contributed by atoms with Crippen molar-refractivity contribution in [1.82, 2.24) is 10.2 Å². The van der Waals surface area contributed by atoms with Gasteiger partial charge in [0.1, 0.15) is 22.4 Å².